The second kappa shape index (κ2) is 9.86. The van der Waals surface area contributed by atoms with Gasteiger partial charge in [-0.1, -0.05) is 12.1 Å². The van der Waals surface area contributed by atoms with E-state index in [1.165, 1.54) is 17.7 Å². The molecule has 9 heteroatoms. The molecule has 2 aromatic rings. The molecular weight excluding hydrogens is 380 g/mol. The zero-order chi connectivity index (χ0) is 20.7. The van der Waals surface area contributed by atoms with Crippen molar-refractivity contribution in [2.24, 2.45) is 5.73 Å². The largest absolute Gasteiger partial charge is 0.366 e. The maximum atomic E-state index is 12.2. The van der Waals surface area contributed by atoms with Crippen LogP contribution in [0.25, 0.3) is 0 Å². The topological polar surface area (TPSA) is 119 Å². The van der Waals surface area contributed by atoms with Crippen molar-refractivity contribution in [1.82, 2.24) is 4.90 Å². The number of hydrogen-bond acceptors (Lipinski definition) is 6. The number of carbonyl (C=O) groups is 2. The number of nitro groups is 1. The van der Waals surface area contributed by atoms with Gasteiger partial charge < -0.3 is 16.0 Å². The highest BCUT2D eigenvalue weighted by atomic mass is 32.2. The molecule has 28 heavy (non-hydrogen) atoms. The number of benzene rings is 2. The molecule has 148 valence electrons. The molecule has 0 aromatic heterocycles. The first-order valence-corrected chi connectivity index (χ1v) is 9.49. The standard InChI is InChI=1S/C19H22N4O4S/c1-22(2)10-9-13-3-6-15(7-4-13)21-18(24)12-28-17-8-5-14(19(20)25)11-16(17)23(26)27/h3-8,11H,9-10,12H2,1-2H3,(H2,20,25)(H,21,24). The zero-order valence-electron chi connectivity index (χ0n) is 15.7. The third kappa shape index (κ3) is 6.36. The predicted molar refractivity (Wildman–Crippen MR) is 110 cm³/mol. The summed E-state index contributed by atoms with van der Waals surface area (Å²) < 4.78 is 0. The van der Waals surface area contributed by atoms with Crippen molar-refractivity contribution in [3.63, 3.8) is 0 Å². The van der Waals surface area contributed by atoms with Gasteiger partial charge in [0.1, 0.15) is 0 Å². The molecule has 0 saturated carbocycles. The average Bonchev–Trinajstić information content (AvgIpc) is 2.65. The Labute approximate surface area is 167 Å². The molecule has 0 radical (unpaired) electrons. The van der Waals surface area contributed by atoms with Crippen molar-refractivity contribution < 1.29 is 14.5 Å². The number of primary amides is 1. The summed E-state index contributed by atoms with van der Waals surface area (Å²) in [7, 11) is 4.02. The number of nitrogens with one attached hydrogen (secondary N) is 1. The van der Waals surface area contributed by atoms with Gasteiger partial charge in [0.2, 0.25) is 11.8 Å². The minimum atomic E-state index is -0.744. The summed E-state index contributed by atoms with van der Waals surface area (Å²) in [5.41, 5.74) is 6.79. The number of amides is 2. The van der Waals surface area contributed by atoms with Crippen molar-refractivity contribution in [1.29, 1.82) is 0 Å². The van der Waals surface area contributed by atoms with Crippen LogP contribution in [-0.2, 0) is 11.2 Å². The van der Waals surface area contributed by atoms with E-state index in [1.54, 1.807) is 0 Å². The molecule has 0 saturated heterocycles. The third-order valence-corrected chi connectivity index (χ3v) is 4.95. The van der Waals surface area contributed by atoms with E-state index in [0.717, 1.165) is 30.8 Å². The summed E-state index contributed by atoms with van der Waals surface area (Å²) in [6.45, 7) is 0.940. The molecule has 0 atom stereocenters. The summed E-state index contributed by atoms with van der Waals surface area (Å²) in [6.07, 6.45) is 0.919. The van der Waals surface area contributed by atoms with Crippen LogP contribution in [0.4, 0.5) is 11.4 Å². The summed E-state index contributed by atoms with van der Waals surface area (Å²) in [6, 6.07) is 11.5. The van der Waals surface area contributed by atoms with E-state index in [2.05, 4.69) is 10.2 Å². The third-order valence-electron chi connectivity index (χ3n) is 3.88. The first-order valence-electron chi connectivity index (χ1n) is 8.51. The Hall–Kier alpha value is -2.91. The molecule has 0 bridgehead atoms. The van der Waals surface area contributed by atoms with E-state index in [9.17, 15) is 19.7 Å². The number of anilines is 1. The van der Waals surface area contributed by atoms with Crippen molar-refractivity contribution >= 4 is 35.0 Å². The van der Waals surface area contributed by atoms with Crippen molar-refractivity contribution in [3.05, 3.63) is 63.7 Å². The van der Waals surface area contributed by atoms with Gasteiger partial charge in [0.05, 0.1) is 15.6 Å². The molecule has 0 aliphatic carbocycles. The highest BCUT2D eigenvalue weighted by Gasteiger charge is 2.18. The summed E-state index contributed by atoms with van der Waals surface area (Å²) in [4.78, 5) is 36.3. The molecule has 2 aromatic carbocycles. The Kier molecular flexibility index (Phi) is 7.53. The van der Waals surface area contributed by atoms with Crippen LogP contribution in [-0.4, -0.2) is 48.0 Å². The van der Waals surface area contributed by atoms with E-state index in [0.29, 0.717) is 10.6 Å². The number of nitro benzene ring substituents is 1. The van der Waals surface area contributed by atoms with Crippen molar-refractivity contribution in [2.75, 3.05) is 31.7 Å². The molecule has 2 rings (SSSR count). The zero-order valence-corrected chi connectivity index (χ0v) is 16.5. The molecule has 0 aliphatic rings. The molecule has 0 aliphatic heterocycles. The number of thioether (sulfide) groups is 1. The van der Waals surface area contributed by atoms with Gasteiger partial charge in [0.15, 0.2) is 0 Å². The molecular formula is C19H22N4O4S. The van der Waals surface area contributed by atoms with Gasteiger partial charge in [-0.05, 0) is 50.3 Å². The molecule has 2 amide bonds. The Morgan fingerprint density at radius 2 is 1.86 bits per heavy atom. The van der Waals surface area contributed by atoms with E-state index in [4.69, 9.17) is 5.73 Å². The predicted octanol–water partition coefficient (Wildman–Crippen LogP) is 2.53. The maximum Gasteiger partial charge on any atom is 0.283 e. The van der Waals surface area contributed by atoms with Gasteiger partial charge >= 0.3 is 0 Å². The van der Waals surface area contributed by atoms with E-state index in [-0.39, 0.29) is 22.9 Å². The van der Waals surface area contributed by atoms with Crippen LogP contribution in [0, 0.1) is 10.1 Å². The van der Waals surface area contributed by atoms with Gasteiger partial charge in [-0.3, -0.25) is 19.7 Å². The van der Waals surface area contributed by atoms with Crippen LogP contribution in [0.5, 0.6) is 0 Å². The van der Waals surface area contributed by atoms with Crippen molar-refractivity contribution in [3.8, 4) is 0 Å². The van der Waals surface area contributed by atoms with E-state index in [1.807, 2.05) is 38.4 Å². The Morgan fingerprint density at radius 3 is 2.43 bits per heavy atom. The van der Waals surface area contributed by atoms with Gasteiger partial charge in [-0.15, -0.1) is 11.8 Å². The molecule has 0 heterocycles. The fraction of sp³-hybridized carbons (Fsp3) is 0.263. The molecule has 0 unspecified atom stereocenters. The molecule has 0 fully saturated rings. The Balaban J connectivity index is 1.95. The first-order chi connectivity index (χ1) is 13.3. The Morgan fingerprint density at radius 1 is 1.18 bits per heavy atom. The summed E-state index contributed by atoms with van der Waals surface area (Å²) >= 11 is 1.03. The first kappa shape index (κ1) is 21.4. The monoisotopic (exact) mass is 402 g/mol. The molecule has 8 nitrogen and oxygen atoms in total. The lowest BCUT2D eigenvalue weighted by Crippen LogP contribution is -2.15. The second-order valence-corrected chi connectivity index (χ2v) is 7.41. The fourth-order valence-corrected chi connectivity index (χ4v) is 3.19. The average molecular weight is 402 g/mol. The van der Waals surface area contributed by atoms with Crippen LogP contribution in [0.2, 0.25) is 0 Å². The van der Waals surface area contributed by atoms with Gasteiger partial charge in [-0.25, -0.2) is 0 Å². The van der Waals surface area contributed by atoms with Crippen LogP contribution in [0.1, 0.15) is 15.9 Å². The van der Waals surface area contributed by atoms with Crippen LogP contribution < -0.4 is 11.1 Å². The maximum absolute atomic E-state index is 12.2. The van der Waals surface area contributed by atoms with E-state index < -0.39 is 10.8 Å². The molecule has 0 spiro atoms. The van der Waals surface area contributed by atoms with E-state index >= 15 is 0 Å². The quantitative estimate of drug-likeness (QED) is 0.378. The lowest BCUT2D eigenvalue weighted by atomic mass is 10.1. The second-order valence-electron chi connectivity index (χ2n) is 6.39. The van der Waals surface area contributed by atoms with Crippen LogP contribution >= 0.6 is 11.8 Å². The number of nitrogens with two attached hydrogens (primary N) is 1. The lowest BCUT2D eigenvalue weighted by molar-refractivity contribution is -0.387. The summed E-state index contributed by atoms with van der Waals surface area (Å²) in [5.74, 6) is -1.02. The van der Waals surface area contributed by atoms with Crippen LogP contribution in [0.3, 0.4) is 0 Å². The minimum Gasteiger partial charge on any atom is -0.366 e. The number of likely N-dealkylation sites (N-methyl/N-ethyl adjacent to an activating group) is 1. The Bertz CT molecular complexity index is 869. The summed E-state index contributed by atoms with van der Waals surface area (Å²) in [5, 5.41) is 14.0. The highest BCUT2D eigenvalue weighted by molar-refractivity contribution is 8.00. The van der Waals surface area contributed by atoms with Crippen molar-refractivity contribution in [2.45, 2.75) is 11.3 Å². The number of carbonyl (C=O) groups excluding carboxylic acids is 2. The van der Waals surface area contributed by atoms with Crippen LogP contribution in [0.15, 0.2) is 47.4 Å². The van der Waals surface area contributed by atoms with Gasteiger partial charge in [-0.2, -0.15) is 0 Å². The molecule has 3 N–H and O–H groups in total. The van der Waals surface area contributed by atoms with Gasteiger partial charge in [0.25, 0.3) is 5.69 Å². The minimum absolute atomic E-state index is 0.000854. The highest BCUT2D eigenvalue weighted by Crippen LogP contribution is 2.30. The smallest absolute Gasteiger partial charge is 0.283 e. The fourth-order valence-electron chi connectivity index (χ4n) is 2.38. The SMILES string of the molecule is CN(C)CCc1ccc(NC(=O)CSc2ccc(C(N)=O)cc2[N+](=O)[O-])cc1. The number of hydrogen-bond donors (Lipinski definition) is 2. The lowest BCUT2D eigenvalue weighted by Gasteiger charge is -2.10. The number of rotatable bonds is 9. The van der Waals surface area contributed by atoms with Gasteiger partial charge in [0, 0.05) is 23.9 Å². The number of nitrogens with zero attached hydrogens (tertiary/aromatic N) is 2. The normalized spacial score (nSPS) is 10.7.